The summed E-state index contributed by atoms with van der Waals surface area (Å²) in [5, 5.41) is 11.1. The Kier molecular flexibility index (Phi) is 5.36. The summed E-state index contributed by atoms with van der Waals surface area (Å²) in [6, 6.07) is 19.8. The van der Waals surface area contributed by atoms with Crippen molar-refractivity contribution >= 4 is 12.1 Å². The van der Waals surface area contributed by atoms with Crippen molar-refractivity contribution in [1.29, 1.82) is 0 Å². The van der Waals surface area contributed by atoms with E-state index in [1.165, 1.54) is 0 Å². The van der Waals surface area contributed by atoms with E-state index < -0.39 is 0 Å². The standard InChI is InChI=1S/C20H20N4O/c1-15(12-16-8-4-2-5-9-16)20(25)24-22-14-18-13-21-23-19(18)17-10-6-3-7-11-17/h2-11,13-15H,12H2,1H3,(H,21,23)(H,24,25)/t15-/m0/s1. The molecule has 2 N–H and O–H groups in total. The van der Waals surface area contributed by atoms with Crippen molar-refractivity contribution in [1.82, 2.24) is 15.6 Å². The number of nitrogens with zero attached hydrogens (tertiary/aromatic N) is 2. The lowest BCUT2D eigenvalue weighted by Crippen LogP contribution is -2.26. The molecule has 0 aliphatic rings. The van der Waals surface area contributed by atoms with Crippen molar-refractivity contribution in [3.8, 4) is 11.3 Å². The Hall–Kier alpha value is -3.21. The summed E-state index contributed by atoms with van der Waals surface area (Å²) in [6.45, 7) is 1.89. The number of aromatic nitrogens is 2. The highest BCUT2D eigenvalue weighted by Gasteiger charge is 2.12. The summed E-state index contributed by atoms with van der Waals surface area (Å²) in [5.41, 5.74) is 6.45. The summed E-state index contributed by atoms with van der Waals surface area (Å²) >= 11 is 0. The van der Waals surface area contributed by atoms with Crippen molar-refractivity contribution < 1.29 is 4.79 Å². The van der Waals surface area contributed by atoms with Crippen molar-refractivity contribution in [2.45, 2.75) is 13.3 Å². The second-order valence-electron chi connectivity index (χ2n) is 5.89. The van der Waals surface area contributed by atoms with Gasteiger partial charge in [-0.25, -0.2) is 5.43 Å². The zero-order valence-electron chi connectivity index (χ0n) is 14.0. The third-order valence-corrected chi connectivity index (χ3v) is 3.94. The van der Waals surface area contributed by atoms with Gasteiger partial charge in [0.1, 0.15) is 0 Å². The molecule has 0 unspecified atom stereocenters. The molecule has 2 aromatic carbocycles. The maximum absolute atomic E-state index is 12.2. The van der Waals surface area contributed by atoms with Crippen LogP contribution in [0.1, 0.15) is 18.1 Å². The van der Waals surface area contributed by atoms with E-state index in [0.717, 1.165) is 22.4 Å². The molecule has 0 spiro atoms. The van der Waals surface area contributed by atoms with E-state index in [-0.39, 0.29) is 11.8 Å². The number of amides is 1. The van der Waals surface area contributed by atoms with Crippen LogP contribution in [-0.4, -0.2) is 22.3 Å². The van der Waals surface area contributed by atoms with E-state index in [1.54, 1.807) is 12.4 Å². The molecule has 0 fully saturated rings. The maximum Gasteiger partial charge on any atom is 0.243 e. The lowest BCUT2D eigenvalue weighted by atomic mass is 10.0. The van der Waals surface area contributed by atoms with Crippen molar-refractivity contribution in [2.75, 3.05) is 0 Å². The third-order valence-electron chi connectivity index (χ3n) is 3.94. The van der Waals surface area contributed by atoms with Crippen LogP contribution in [0.5, 0.6) is 0 Å². The molecule has 3 rings (SSSR count). The molecule has 1 atom stereocenters. The average Bonchev–Trinajstić information content (AvgIpc) is 3.11. The first-order valence-electron chi connectivity index (χ1n) is 8.19. The quantitative estimate of drug-likeness (QED) is 0.536. The first kappa shape index (κ1) is 16.6. The molecule has 126 valence electrons. The molecule has 3 aromatic rings. The number of benzene rings is 2. The molecule has 5 heteroatoms. The van der Waals surface area contributed by atoms with E-state index in [0.29, 0.717) is 6.42 Å². The maximum atomic E-state index is 12.2. The molecular formula is C20H20N4O. The van der Waals surface area contributed by atoms with Gasteiger partial charge in [0.25, 0.3) is 0 Å². The number of carbonyl (C=O) groups is 1. The van der Waals surface area contributed by atoms with E-state index >= 15 is 0 Å². The summed E-state index contributed by atoms with van der Waals surface area (Å²) in [6.07, 6.45) is 3.98. The molecular weight excluding hydrogens is 312 g/mol. The number of hydrogen-bond acceptors (Lipinski definition) is 3. The van der Waals surface area contributed by atoms with Gasteiger partial charge >= 0.3 is 0 Å². The van der Waals surface area contributed by atoms with Gasteiger partial charge in [-0.1, -0.05) is 67.6 Å². The van der Waals surface area contributed by atoms with Crippen LogP contribution in [0.2, 0.25) is 0 Å². The van der Waals surface area contributed by atoms with Crippen LogP contribution < -0.4 is 5.43 Å². The van der Waals surface area contributed by atoms with E-state index in [1.807, 2.05) is 67.6 Å². The molecule has 5 nitrogen and oxygen atoms in total. The van der Waals surface area contributed by atoms with Crippen LogP contribution in [0.25, 0.3) is 11.3 Å². The fourth-order valence-corrected chi connectivity index (χ4v) is 2.57. The molecule has 25 heavy (non-hydrogen) atoms. The second kappa shape index (κ2) is 8.06. The molecule has 1 heterocycles. The number of H-pyrrole nitrogens is 1. The fourth-order valence-electron chi connectivity index (χ4n) is 2.57. The largest absolute Gasteiger partial charge is 0.277 e. The average molecular weight is 332 g/mol. The Bertz CT molecular complexity index is 840. The topological polar surface area (TPSA) is 70.1 Å². The van der Waals surface area contributed by atoms with Crippen LogP contribution >= 0.6 is 0 Å². The zero-order chi connectivity index (χ0) is 17.5. The minimum atomic E-state index is -0.155. The van der Waals surface area contributed by atoms with Crippen LogP contribution in [0.15, 0.2) is 72.0 Å². The molecule has 0 radical (unpaired) electrons. The van der Waals surface area contributed by atoms with Crippen molar-refractivity contribution in [3.63, 3.8) is 0 Å². The normalized spacial score (nSPS) is 12.2. The van der Waals surface area contributed by atoms with Gasteiger partial charge < -0.3 is 0 Å². The van der Waals surface area contributed by atoms with Gasteiger partial charge in [-0.2, -0.15) is 10.2 Å². The Morgan fingerprint density at radius 3 is 2.56 bits per heavy atom. The molecule has 0 saturated heterocycles. The highest BCUT2D eigenvalue weighted by molar-refractivity contribution is 5.89. The monoisotopic (exact) mass is 332 g/mol. The summed E-state index contributed by atoms with van der Waals surface area (Å²) in [5.74, 6) is -0.262. The van der Waals surface area contributed by atoms with Crippen LogP contribution in [0.3, 0.4) is 0 Å². The van der Waals surface area contributed by atoms with Gasteiger partial charge in [-0.3, -0.25) is 9.89 Å². The minimum absolute atomic E-state index is 0.107. The molecule has 0 saturated carbocycles. The molecule has 0 aliphatic heterocycles. The number of nitrogens with one attached hydrogen (secondary N) is 2. The number of hydrazone groups is 1. The highest BCUT2D eigenvalue weighted by atomic mass is 16.2. The van der Waals surface area contributed by atoms with Crippen LogP contribution in [-0.2, 0) is 11.2 Å². The van der Waals surface area contributed by atoms with Crippen LogP contribution in [0.4, 0.5) is 0 Å². The number of aromatic amines is 1. The lowest BCUT2D eigenvalue weighted by Gasteiger charge is -2.09. The Labute approximate surface area is 146 Å². The summed E-state index contributed by atoms with van der Waals surface area (Å²) < 4.78 is 0. The summed E-state index contributed by atoms with van der Waals surface area (Å²) in [7, 11) is 0. The first-order chi connectivity index (χ1) is 12.2. The Morgan fingerprint density at radius 2 is 1.84 bits per heavy atom. The second-order valence-corrected chi connectivity index (χ2v) is 5.89. The first-order valence-corrected chi connectivity index (χ1v) is 8.19. The number of rotatable bonds is 6. The van der Waals surface area contributed by atoms with E-state index in [9.17, 15) is 4.79 Å². The van der Waals surface area contributed by atoms with Gasteiger partial charge in [-0.15, -0.1) is 0 Å². The minimum Gasteiger partial charge on any atom is -0.277 e. The van der Waals surface area contributed by atoms with Crippen molar-refractivity contribution in [2.24, 2.45) is 11.0 Å². The van der Waals surface area contributed by atoms with Gasteiger partial charge in [0.15, 0.2) is 0 Å². The molecule has 0 bridgehead atoms. The lowest BCUT2D eigenvalue weighted by molar-refractivity contribution is -0.124. The highest BCUT2D eigenvalue weighted by Crippen LogP contribution is 2.18. The fraction of sp³-hybridized carbons (Fsp3) is 0.150. The Morgan fingerprint density at radius 1 is 1.16 bits per heavy atom. The van der Waals surface area contributed by atoms with E-state index in [4.69, 9.17) is 0 Å². The SMILES string of the molecule is C[C@@H](Cc1ccccc1)C(=O)NN=Cc1cn[nH]c1-c1ccccc1. The Balaban J connectivity index is 1.60. The van der Waals surface area contributed by atoms with Crippen molar-refractivity contribution in [3.05, 3.63) is 78.0 Å². The predicted octanol–water partition coefficient (Wildman–Crippen LogP) is 3.41. The van der Waals surface area contributed by atoms with Gasteiger partial charge in [-0.05, 0) is 12.0 Å². The number of carbonyl (C=O) groups excluding carboxylic acids is 1. The van der Waals surface area contributed by atoms with Gasteiger partial charge in [0.2, 0.25) is 5.91 Å². The van der Waals surface area contributed by atoms with Crippen LogP contribution in [0, 0.1) is 5.92 Å². The zero-order valence-corrected chi connectivity index (χ0v) is 14.0. The third kappa shape index (κ3) is 4.41. The molecule has 0 aliphatic carbocycles. The van der Waals surface area contributed by atoms with E-state index in [2.05, 4.69) is 20.7 Å². The van der Waals surface area contributed by atoms with Gasteiger partial charge in [0.05, 0.1) is 18.1 Å². The molecule has 1 aromatic heterocycles. The summed E-state index contributed by atoms with van der Waals surface area (Å²) in [4.78, 5) is 12.2. The number of hydrogen-bond donors (Lipinski definition) is 2. The predicted molar refractivity (Wildman–Crippen MR) is 99.1 cm³/mol. The van der Waals surface area contributed by atoms with Gasteiger partial charge in [0, 0.05) is 17.0 Å². The smallest absolute Gasteiger partial charge is 0.243 e. The molecule has 1 amide bonds.